The Morgan fingerprint density at radius 2 is 2.12 bits per heavy atom. The van der Waals surface area contributed by atoms with Crippen molar-refractivity contribution < 1.29 is 8.78 Å². The Morgan fingerprint density at radius 1 is 1.31 bits per heavy atom. The molecular weight excluding hydrogens is 208 g/mol. The van der Waals surface area contributed by atoms with E-state index in [1.54, 1.807) is 0 Å². The Morgan fingerprint density at radius 3 is 2.75 bits per heavy atom. The van der Waals surface area contributed by atoms with Crippen molar-refractivity contribution in [1.29, 1.82) is 0 Å². The van der Waals surface area contributed by atoms with Crippen LogP contribution in [-0.2, 0) is 6.42 Å². The summed E-state index contributed by atoms with van der Waals surface area (Å²) in [6.45, 7) is 0. The van der Waals surface area contributed by atoms with Gasteiger partial charge < -0.3 is 5.73 Å². The van der Waals surface area contributed by atoms with E-state index in [9.17, 15) is 8.78 Å². The molecule has 1 aromatic rings. The first-order valence-electron chi connectivity index (χ1n) is 5.55. The third-order valence-corrected chi connectivity index (χ3v) is 3.01. The summed E-state index contributed by atoms with van der Waals surface area (Å²) < 4.78 is 26.1. The molecule has 0 saturated heterocycles. The lowest BCUT2D eigenvalue weighted by Crippen LogP contribution is -2.25. The Kier molecular flexibility index (Phi) is 3.34. The van der Waals surface area contributed by atoms with Crippen molar-refractivity contribution in [1.82, 2.24) is 0 Å². The standard InChI is InChI=1S/C13H15F2N/c14-11-6-5-10(12(15)8-11)7-13(16)9-3-1-2-4-9/h3,5-6,8,13H,1-2,4,7,16H2. The van der Waals surface area contributed by atoms with Crippen LogP contribution in [0.4, 0.5) is 8.78 Å². The average molecular weight is 223 g/mol. The van der Waals surface area contributed by atoms with E-state index in [0.29, 0.717) is 12.0 Å². The lowest BCUT2D eigenvalue weighted by Gasteiger charge is -2.13. The molecule has 1 nitrogen and oxygen atoms in total. The van der Waals surface area contributed by atoms with Crippen molar-refractivity contribution in [2.45, 2.75) is 31.7 Å². The van der Waals surface area contributed by atoms with Crippen LogP contribution in [0, 0.1) is 11.6 Å². The molecule has 0 saturated carbocycles. The lowest BCUT2D eigenvalue weighted by molar-refractivity contribution is 0.565. The molecule has 0 aliphatic heterocycles. The maximum Gasteiger partial charge on any atom is 0.129 e. The van der Waals surface area contributed by atoms with E-state index in [1.165, 1.54) is 17.7 Å². The highest BCUT2D eigenvalue weighted by Gasteiger charge is 2.15. The largest absolute Gasteiger partial charge is 0.324 e. The highest BCUT2D eigenvalue weighted by molar-refractivity contribution is 5.24. The summed E-state index contributed by atoms with van der Waals surface area (Å²) in [7, 11) is 0. The van der Waals surface area contributed by atoms with Crippen molar-refractivity contribution in [3.63, 3.8) is 0 Å². The van der Waals surface area contributed by atoms with Gasteiger partial charge in [-0.2, -0.15) is 0 Å². The highest BCUT2D eigenvalue weighted by Crippen LogP contribution is 2.22. The van der Waals surface area contributed by atoms with Gasteiger partial charge in [-0.1, -0.05) is 17.7 Å². The van der Waals surface area contributed by atoms with Gasteiger partial charge >= 0.3 is 0 Å². The molecule has 1 atom stereocenters. The maximum atomic E-state index is 13.4. The zero-order valence-electron chi connectivity index (χ0n) is 9.05. The van der Waals surface area contributed by atoms with Gasteiger partial charge in [0.25, 0.3) is 0 Å². The van der Waals surface area contributed by atoms with Crippen LogP contribution in [0.5, 0.6) is 0 Å². The van der Waals surface area contributed by atoms with Gasteiger partial charge in [0.05, 0.1) is 0 Å². The van der Waals surface area contributed by atoms with Crippen LogP contribution in [0.25, 0.3) is 0 Å². The molecule has 3 heteroatoms. The second-order valence-electron chi connectivity index (χ2n) is 4.22. The molecule has 0 fully saturated rings. The Hall–Kier alpha value is -1.22. The number of rotatable bonds is 3. The number of hydrogen-bond acceptors (Lipinski definition) is 1. The van der Waals surface area contributed by atoms with E-state index < -0.39 is 11.6 Å². The minimum atomic E-state index is -0.546. The van der Waals surface area contributed by atoms with Gasteiger partial charge in [-0.05, 0) is 37.3 Å². The zero-order valence-corrected chi connectivity index (χ0v) is 9.05. The monoisotopic (exact) mass is 223 g/mol. The fourth-order valence-corrected chi connectivity index (χ4v) is 2.09. The predicted octanol–water partition coefficient (Wildman–Crippen LogP) is 2.94. The minimum Gasteiger partial charge on any atom is -0.324 e. The van der Waals surface area contributed by atoms with Crippen molar-refractivity contribution in [2.24, 2.45) is 5.73 Å². The first-order valence-corrected chi connectivity index (χ1v) is 5.55. The van der Waals surface area contributed by atoms with Crippen LogP contribution in [0.1, 0.15) is 24.8 Å². The first kappa shape index (κ1) is 11.3. The fourth-order valence-electron chi connectivity index (χ4n) is 2.09. The van der Waals surface area contributed by atoms with Crippen LogP contribution < -0.4 is 5.73 Å². The summed E-state index contributed by atoms with van der Waals surface area (Å²) in [4.78, 5) is 0. The van der Waals surface area contributed by atoms with Gasteiger partial charge in [-0.25, -0.2) is 8.78 Å². The summed E-state index contributed by atoms with van der Waals surface area (Å²) >= 11 is 0. The predicted molar refractivity (Wildman–Crippen MR) is 60.0 cm³/mol. The quantitative estimate of drug-likeness (QED) is 0.783. The Bertz CT molecular complexity index is 412. The minimum absolute atomic E-state index is 0.137. The van der Waals surface area contributed by atoms with Gasteiger partial charge in [0, 0.05) is 12.1 Å². The zero-order chi connectivity index (χ0) is 11.5. The Labute approximate surface area is 94.0 Å². The van der Waals surface area contributed by atoms with Gasteiger partial charge in [0.2, 0.25) is 0 Å². The molecule has 0 aromatic heterocycles. The molecule has 16 heavy (non-hydrogen) atoms. The molecule has 1 unspecified atom stereocenters. The summed E-state index contributed by atoms with van der Waals surface area (Å²) in [5.74, 6) is -1.05. The normalized spacial score (nSPS) is 17.3. The molecule has 0 spiro atoms. The van der Waals surface area contributed by atoms with Crippen molar-refractivity contribution in [3.8, 4) is 0 Å². The molecular formula is C13H15F2N. The van der Waals surface area contributed by atoms with Gasteiger partial charge in [0.1, 0.15) is 11.6 Å². The molecule has 2 N–H and O–H groups in total. The van der Waals surface area contributed by atoms with Crippen LogP contribution >= 0.6 is 0 Å². The summed E-state index contributed by atoms with van der Waals surface area (Å²) in [5.41, 5.74) is 7.67. The fraction of sp³-hybridized carbons (Fsp3) is 0.385. The number of nitrogens with two attached hydrogens (primary N) is 1. The van der Waals surface area contributed by atoms with Gasteiger partial charge in [0.15, 0.2) is 0 Å². The second kappa shape index (κ2) is 4.74. The van der Waals surface area contributed by atoms with Crippen molar-refractivity contribution in [2.75, 3.05) is 0 Å². The molecule has 86 valence electrons. The van der Waals surface area contributed by atoms with Gasteiger partial charge in [-0.3, -0.25) is 0 Å². The molecule has 0 heterocycles. The van der Waals surface area contributed by atoms with E-state index in [2.05, 4.69) is 6.08 Å². The molecule has 0 bridgehead atoms. The van der Waals surface area contributed by atoms with E-state index in [1.807, 2.05) is 0 Å². The molecule has 0 amide bonds. The smallest absolute Gasteiger partial charge is 0.129 e. The molecule has 1 aliphatic carbocycles. The van der Waals surface area contributed by atoms with Gasteiger partial charge in [-0.15, -0.1) is 0 Å². The van der Waals surface area contributed by atoms with Crippen molar-refractivity contribution in [3.05, 3.63) is 47.0 Å². The number of hydrogen-bond donors (Lipinski definition) is 1. The third-order valence-electron chi connectivity index (χ3n) is 3.01. The van der Waals surface area contributed by atoms with Crippen LogP contribution in [0.15, 0.2) is 29.8 Å². The van der Waals surface area contributed by atoms with E-state index in [4.69, 9.17) is 5.73 Å². The van der Waals surface area contributed by atoms with E-state index in [-0.39, 0.29) is 6.04 Å². The van der Waals surface area contributed by atoms with Crippen molar-refractivity contribution >= 4 is 0 Å². The maximum absolute atomic E-state index is 13.4. The Balaban J connectivity index is 2.08. The number of allylic oxidation sites excluding steroid dienone is 1. The van der Waals surface area contributed by atoms with Crippen LogP contribution in [0.2, 0.25) is 0 Å². The van der Waals surface area contributed by atoms with E-state index >= 15 is 0 Å². The molecule has 2 rings (SSSR count). The SMILES string of the molecule is NC(Cc1ccc(F)cc1F)C1=CCCC1. The summed E-state index contributed by atoms with van der Waals surface area (Å²) in [6.07, 6.45) is 5.78. The van der Waals surface area contributed by atoms with E-state index in [0.717, 1.165) is 25.3 Å². The average Bonchev–Trinajstić information content (AvgIpc) is 2.75. The van der Waals surface area contributed by atoms with Crippen LogP contribution in [-0.4, -0.2) is 6.04 Å². The highest BCUT2D eigenvalue weighted by atomic mass is 19.1. The molecule has 1 aromatic carbocycles. The number of benzene rings is 1. The topological polar surface area (TPSA) is 26.0 Å². The number of halogens is 2. The first-order chi connectivity index (χ1) is 7.66. The van der Waals surface area contributed by atoms with Crippen LogP contribution in [0.3, 0.4) is 0 Å². The summed E-state index contributed by atoms with van der Waals surface area (Å²) in [6, 6.07) is 3.52. The molecule has 1 aliphatic rings. The second-order valence-corrected chi connectivity index (χ2v) is 4.22. The molecule has 0 radical (unpaired) electrons. The third kappa shape index (κ3) is 2.47. The lowest BCUT2D eigenvalue weighted by atomic mass is 9.99. The summed E-state index contributed by atoms with van der Waals surface area (Å²) in [5, 5.41) is 0.